The lowest BCUT2D eigenvalue weighted by Crippen LogP contribution is -2.21. The lowest BCUT2D eigenvalue weighted by Gasteiger charge is -2.16. The molecule has 0 fully saturated rings. The maximum absolute atomic E-state index is 10.7. The van der Waals surface area contributed by atoms with Crippen molar-refractivity contribution in [3.05, 3.63) is 23.8 Å². The number of aromatic hydroxyl groups is 1. The van der Waals surface area contributed by atoms with Crippen LogP contribution >= 0.6 is 0 Å². The molecule has 0 saturated heterocycles. The van der Waals surface area contributed by atoms with Crippen LogP contribution in [0.1, 0.15) is 11.6 Å². The summed E-state index contributed by atoms with van der Waals surface area (Å²) in [4.78, 5) is 12.5. The Morgan fingerprint density at radius 2 is 2.07 bits per heavy atom. The maximum Gasteiger partial charge on any atom is 0.325 e. The highest BCUT2D eigenvalue weighted by molar-refractivity contribution is 5.77. The van der Waals surface area contributed by atoms with E-state index in [0.717, 1.165) is 5.69 Å². The Hall–Kier alpha value is -1.75. The van der Waals surface area contributed by atoms with Crippen LogP contribution in [-0.2, 0) is 4.79 Å². The van der Waals surface area contributed by atoms with E-state index >= 15 is 0 Å². The number of hydrogen-bond donors (Lipinski definition) is 3. The number of nitrogens with two attached hydrogens (primary N) is 1. The molecule has 0 spiro atoms. The minimum absolute atomic E-state index is 0.101. The SMILES string of the molecule is CN(C)c1ccc(O)c(C(N)C(=O)O)c1. The Morgan fingerprint density at radius 3 is 2.53 bits per heavy atom. The number of benzene rings is 1. The maximum atomic E-state index is 10.7. The monoisotopic (exact) mass is 210 g/mol. The predicted molar refractivity (Wildman–Crippen MR) is 57.0 cm³/mol. The minimum atomic E-state index is -1.20. The largest absolute Gasteiger partial charge is 0.508 e. The van der Waals surface area contributed by atoms with E-state index in [0.29, 0.717) is 0 Å². The van der Waals surface area contributed by atoms with Gasteiger partial charge in [0.2, 0.25) is 0 Å². The molecule has 1 rings (SSSR count). The molecule has 0 aliphatic carbocycles. The highest BCUT2D eigenvalue weighted by atomic mass is 16.4. The van der Waals surface area contributed by atoms with Gasteiger partial charge in [-0.25, -0.2) is 0 Å². The third-order valence-electron chi connectivity index (χ3n) is 2.13. The van der Waals surface area contributed by atoms with Crippen LogP contribution in [0.25, 0.3) is 0 Å². The molecule has 5 nitrogen and oxygen atoms in total. The summed E-state index contributed by atoms with van der Waals surface area (Å²) in [6, 6.07) is 3.49. The van der Waals surface area contributed by atoms with Gasteiger partial charge in [0, 0.05) is 25.3 Å². The summed E-state index contributed by atoms with van der Waals surface area (Å²) in [5.74, 6) is -1.27. The van der Waals surface area contributed by atoms with Gasteiger partial charge in [0.05, 0.1) is 0 Å². The molecule has 0 saturated carbocycles. The van der Waals surface area contributed by atoms with Crippen LogP contribution in [0.4, 0.5) is 5.69 Å². The number of hydrogen-bond acceptors (Lipinski definition) is 4. The third-order valence-corrected chi connectivity index (χ3v) is 2.13. The fourth-order valence-electron chi connectivity index (χ4n) is 1.20. The summed E-state index contributed by atoms with van der Waals surface area (Å²) in [7, 11) is 3.64. The average molecular weight is 210 g/mol. The van der Waals surface area contributed by atoms with Crippen LogP contribution in [-0.4, -0.2) is 30.3 Å². The van der Waals surface area contributed by atoms with E-state index in [2.05, 4.69) is 0 Å². The number of carboxylic acids is 1. The van der Waals surface area contributed by atoms with Gasteiger partial charge in [0.1, 0.15) is 11.8 Å². The summed E-state index contributed by atoms with van der Waals surface area (Å²) in [6.45, 7) is 0. The van der Waals surface area contributed by atoms with E-state index in [1.54, 1.807) is 17.0 Å². The zero-order valence-corrected chi connectivity index (χ0v) is 8.64. The van der Waals surface area contributed by atoms with Crippen LogP contribution in [0.5, 0.6) is 5.75 Å². The number of phenolic OH excluding ortho intramolecular Hbond substituents is 1. The van der Waals surface area contributed by atoms with Crippen LogP contribution < -0.4 is 10.6 Å². The first kappa shape index (κ1) is 11.3. The molecule has 4 N–H and O–H groups in total. The smallest absolute Gasteiger partial charge is 0.325 e. The number of rotatable bonds is 3. The molecule has 1 aromatic rings. The highest BCUT2D eigenvalue weighted by Gasteiger charge is 2.18. The fraction of sp³-hybridized carbons (Fsp3) is 0.300. The van der Waals surface area contributed by atoms with Crippen molar-refractivity contribution in [1.82, 2.24) is 0 Å². The molecule has 0 bridgehead atoms. The molecular formula is C10H14N2O3. The minimum Gasteiger partial charge on any atom is -0.508 e. The summed E-state index contributed by atoms with van der Waals surface area (Å²) in [5.41, 5.74) is 6.44. The van der Waals surface area contributed by atoms with Gasteiger partial charge in [0.15, 0.2) is 0 Å². The summed E-state index contributed by atoms with van der Waals surface area (Å²) in [5, 5.41) is 18.2. The van der Waals surface area contributed by atoms with Gasteiger partial charge in [-0.2, -0.15) is 0 Å². The molecule has 1 aromatic carbocycles. The van der Waals surface area contributed by atoms with Crippen molar-refractivity contribution in [2.45, 2.75) is 6.04 Å². The van der Waals surface area contributed by atoms with E-state index in [4.69, 9.17) is 10.8 Å². The molecule has 0 heterocycles. The van der Waals surface area contributed by atoms with Crippen LogP contribution in [0.15, 0.2) is 18.2 Å². The Balaban J connectivity index is 3.16. The quantitative estimate of drug-likeness (QED) is 0.678. The van der Waals surface area contributed by atoms with Crippen LogP contribution in [0, 0.1) is 0 Å². The molecule has 0 radical (unpaired) electrons. The first-order chi connectivity index (χ1) is 6.93. The normalized spacial score (nSPS) is 12.2. The molecular weight excluding hydrogens is 196 g/mol. The van der Waals surface area contributed by atoms with Crippen molar-refractivity contribution < 1.29 is 15.0 Å². The Bertz CT molecular complexity index is 377. The van der Waals surface area contributed by atoms with E-state index < -0.39 is 12.0 Å². The van der Waals surface area contributed by atoms with Crippen molar-refractivity contribution in [1.29, 1.82) is 0 Å². The fourth-order valence-corrected chi connectivity index (χ4v) is 1.20. The van der Waals surface area contributed by atoms with E-state index in [1.807, 2.05) is 14.1 Å². The van der Waals surface area contributed by atoms with Crippen molar-refractivity contribution in [2.24, 2.45) is 5.73 Å². The Morgan fingerprint density at radius 1 is 1.47 bits per heavy atom. The molecule has 15 heavy (non-hydrogen) atoms. The number of phenols is 1. The number of anilines is 1. The van der Waals surface area contributed by atoms with Gasteiger partial charge in [0.25, 0.3) is 0 Å². The summed E-state index contributed by atoms with van der Waals surface area (Å²) >= 11 is 0. The van der Waals surface area contributed by atoms with E-state index in [1.165, 1.54) is 6.07 Å². The Labute approximate surface area is 87.7 Å². The second kappa shape index (κ2) is 4.18. The molecule has 0 amide bonds. The summed E-state index contributed by atoms with van der Waals surface area (Å²) < 4.78 is 0. The molecule has 82 valence electrons. The topological polar surface area (TPSA) is 86.8 Å². The number of aliphatic carboxylic acids is 1. The van der Waals surface area contributed by atoms with Gasteiger partial charge in [-0.15, -0.1) is 0 Å². The van der Waals surface area contributed by atoms with Gasteiger partial charge >= 0.3 is 5.97 Å². The second-order valence-electron chi connectivity index (χ2n) is 3.45. The number of nitrogens with zero attached hydrogens (tertiary/aromatic N) is 1. The van der Waals surface area contributed by atoms with Gasteiger partial charge in [-0.05, 0) is 18.2 Å². The molecule has 1 unspecified atom stereocenters. The lowest BCUT2D eigenvalue weighted by molar-refractivity contribution is -0.138. The highest BCUT2D eigenvalue weighted by Crippen LogP contribution is 2.27. The molecule has 0 aliphatic rings. The van der Waals surface area contributed by atoms with Crippen molar-refractivity contribution in [3.63, 3.8) is 0 Å². The van der Waals surface area contributed by atoms with Gasteiger partial charge in [-0.3, -0.25) is 4.79 Å². The number of carbonyl (C=O) groups is 1. The second-order valence-corrected chi connectivity index (χ2v) is 3.45. The molecule has 1 atom stereocenters. The summed E-state index contributed by atoms with van der Waals surface area (Å²) in [6.07, 6.45) is 0. The molecule has 5 heteroatoms. The van der Waals surface area contributed by atoms with E-state index in [-0.39, 0.29) is 11.3 Å². The van der Waals surface area contributed by atoms with Crippen molar-refractivity contribution >= 4 is 11.7 Å². The number of carboxylic acid groups (broad SMARTS) is 1. The van der Waals surface area contributed by atoms with Crippen molar-refractivity contribution in [2.75, 3.05) is 19.0 Å². The first-order valence-corrected chi connectivity index (χ1v) is 4.42. The van der Waals surface area contributed by atoms with Gasteiger partial charge < -0.3 is 20.8 Å². The van der Waals surface area contributed by atoms with Crippen LogP contribution in [0.2, 0.25) is 0 Å². The molecule has 0 aromatic heterocycles. The predicted octanol–water partition coefficient (Wildman–Crippen LogP) is 0.543. The van der Waals surface area contributed by atoms with Crippen molar-refractivity contribution in [3.8, 4) is 5.75 Å². The zero-order valence-electron chi connectivity index (χ0n) is 8.64. The first-order valence-electron chi connectivity index (χ1n) is 4.42. The van der Waals surface area contributed by atoms with Crippen LogP contribution in [0.3, 0.4) is 0 Å². The standard InChI is InChI=1S/C10H14N2O3/c1-12(2)6-3-4-8(13)7(5-6)9(11)10(14)15/h3-5,9,13H,11H2,1-2H3,(H,14,15). The van der Waals surface area contributed by atoms with Gasteiger partial charge in [-0.1, -0.05) is 0 Å². The average Bonchev–Trinajstić information content (AvgIpc) is 2.16. The lowest BCUT2D eigenvalue weighted by atomic mass is 10.1. The molecule has 0 aliphatic heterocycles. The van der Waals surface area contributed by atoms with E-state index in [9.17, 15) is 9.90 Å². The third kappa shape index (κ3) is 2.38. The zero-order chi connectivity index (χ0) is 11.6. The Kier molecular flexibility index (Phi) is 3.16.